The molecule has 102 valence electrons. The summed E-state index contributed by atoms with van der Waals surface area (Å²) < 4.78 is 25.6. The zero-order chi connectivity index (χ0) is 14.0. The monoisotopic (exact) mass is 330 g/mol. The number of halogens is 3. The molecule has 0 radical (unpaired) electrons. The fourth-order valence-electron chi connectivity index (χ4n) is 1.37. The molecule has 0 saturated carbocycles. The Morgan fingerprint density at radius 2 is 1.72 bits per heavy atom. The zero-order valence-corrected chi connectivity index (χ0v) is 12.9. The van der Waals surface area contributed by atoms with Crippen LogP contribution in [-0.4, -0.2) is 12.4 Å². The molecule has 0 aliphatic carbocycles. The molecule has 1 rings (SSSR count). The quantitative estimate of drug-likeness (QED) is 0.612. The molecule has 18 heavy (non-hydrogen) atoms. The fourth-order valence-corrected chi connectivity index (χ4v) is 2.93. The standard InChI is InChI=1S/C11H13Cl3O3S/c1-3-8(2)9-4-6-10(7-5-9)18(15,16)17-11(12,13)14/h4-8H,3H2,1-2H3. The molecule has 3 nitrogen and oxygen atoms in total. The molecule has 7 heteroatoms. The van der Waals surface area contributed by atoms with Crippen molar-refractivity contribution in [2.24, 2.45) is 0 Å². The molecule has 0 amide bonds. The van der Waals surface area contributed by atoms with Crippen LogP contribution in [0.25, 0.3) is 0 Å². The summed E-state index contributed by atoms with van der Waals surface area (Å²) in [5, 5.41) is 0. The fraction of sp³-hybridized carbons (Fsp3) is 0.455. The number of benzene rings is 1. The molecule has 0 aliphatic rings. The second kappa shape index (κ2) is 5.97. The maximum atomic E-state index is 11.7. The molecule has 0 aliphatic heterocycles. The SMILES string of the molecule is CCC(C)c1ccc(S(=O)(=O)OC(Cl)(Cl)Cl)cc1. The van der Waals surface area contributed by atoms with Crippen molar-refractivity contribution in [2.45, 2.75) is 35.1 Å². The summed E-state index contributed by atoms with van der Waals surface area (Å²) in [6.45, 7) is 4.11. The first-order valence-electron chi connectivity index (χ1n) is 5.28. The van der Waals surface area contributed by atoms with E-state index in [9.17, 15) is 8.42 Å². The van der Waals surface area contributed by atoms with E-state index >= 15 is 0 Å². The van der Waals surface area contributed by atoms with Gasteiger partial charge >= 0.3 is 14.1 Å². The van der Waals surface area contributed by atoms with E-state index in [0.29, 0.717) is 5.92 Å². The third kappa shape index (κ3) is 4.59. The molecule has 1 aromatic rings. The summed E-state index contributed by atoms with van der Waals surface area (Å²) in [4.78, 5) is -0.0409. The Bertz CT molecular complexity index is 491. The molecule has 0 N–H and O–H groups in total. The molecule has 0 fully saturated rings. The largest absolute Gasteiger partial charge is 0.312 e. The molecule has 1 atom stereocenters. The van der Waals surface area contributed by atoms with E-state index in [4.69, 9.17) is 34.8 Å². The van der Waals surface area contributed by atoms with Gasteiger partial charge in [0.1, 0.15) is 0 Å². The van der Waals surface area contributed by atoms with E-state index in [0.717, 1.165) is 12.0 Å². The summed E-state index contributed by atoms with van der Waals surface area (Å²) in [7, 11) is -4.06. The summed E-state index contributed by atoms with van der Waals surface area (Å²) in [6.07, 6.45) is 0.969. The average molecular weight is 332 g/mol. The summed E-state index contributed by atoms with van der Waals surface area (Å²) in [5.41, 5.74) is 1.05. The van der Waals surface area contributed by atoms with Crippen LogP contribution >= 0.6 is 34.8 Å². The van der Waals surface area contributed by atoms with Gasteiger partial charge in [0, 0.05) is 0 Å². The van der Waals surface area contributed by atoms with Crippen LogP contribution in [0.1, 0.15) is 31.7 Å². The van der Waals surface area contributed by atoms with Crippen molar-refractivity contribution in [1.82, 2.24) is 0 Å². The van der Waals surface area contributed by atoms with Crippen LogP contribution in [0.4, 0.5) is 0 Å². The minimum Gasteiger partial charge on any atom is -0.212 e. The Balaban J connectivity index is 2.98. The van der Waals surface area contributed by atoms with Crippen molar-refractivity contribution in [2.75, 3.05) is 0 Å². The van der Waals surface area contributed by atoms with Gasteiger partial charge in [0.2, 0.25) is 0 Å². The molecular formula is C11H13Cl3O3S. The Hall–Kier alpha value is -0.000000000000000167. The van der Waals surface area contributed by atoms with Gasteiger partial charge in [0.05, 0.1) is 4.90 Å². The number of alkyl halides is 3. The lowest BCUT2D eigenvalue weighted by atomic mass is 9.99. The van der Waals surface area contributed by atoms with Crippen LogP contribution in [0.2, 0.25) is 0 Å². The van der Waals surface area contributed by atoms with Crippen LogP contribution in [0.3, 0.4) is 0 Å². The topological polar surface area (TPSA) is 43.4 Å². The first-order chi connectivity index (χ1) is 8.15. The molecule has 0 spiro atoms. The van der Waals surface area contributed by atoms with E-state index in [-0.39, 0.29) is 4.90 Å². The van der Waals surface area contributed by atoms with Crippen molar-refractivity contribution < 1.29 is 12.6 Å². The molecule has 0 aromatic heterocycles. The van der Waals surface area contributed by atoms with E-state index < -0.39 is 14.1 Å². The third-order valence-corrected chi connectivity index (χ3v) is 4.38. The lowest BCUT2D eigenvalue weighted by molar-refractivity contribution is 0.321. The Kier molecular flexibility index (Phi) is 5.32. The van der Waals surface area contributed by atoms with Gasteiger partial charge in [-0.2, -0.15) is 8.42 Å². The van der Waals surface area contributed by atoms with Crippen molar-refractivity contribution in [1.29, 1.82) is 0 Å². The van der Waals surface area contributed by atoms with Crippen LogP contribution in [0.15, 0.2) is 29.2 Å². The zero-order valence-electron chi connectivity index (χ0n) is 9.86. The van der Waals surface area contributed by atoms with Gasteiger partial charge in [-0.05, 0) is 30.0 Å². The van der Waals surface area contributed by atoms with Crippen LogP contribution in [0.5, 0.6) is 0 Å². The van der Waals surface area contributed by atoms with Crippen molar-refractivity contribution in [3.05, 3.63) is 29.8 Å². The highest BCUT2D eigenvalue weighted by Gasteiger charge is 2.30. The van der Waals surface area contributed by atoms with Gasteiger partial charge in [-0.25, -0.2) is 4.18 Å². The van der Waals surface area contributed by atoms with Gasteiger partial charge in [-0.3, -0.25) is 0 Å². The van der Waals surface area contributed by atoms with E-state index in [1.54, 1.807) is 12.1 Å². The van der Waals surface area contributed by atoms with Gasteiger partial charge in [-0.15, -0.1) is 0 Å². The normalized spacial score (nSPS) is 14.5. The predicted molar refractivity (Wildman–Crippen MR) is 73.7 cm³/mol. The maximum absolute atomic E-state index is 11.7. The average Bonchev–Trinajstić information content (AvgIpc) is 2.25. The van der Waals surface area contributed by atoms with Crippen LogP contribution < -0.4 is 0 Å². The Morgan fingerprint density at radius 3 is 2.11 bits per heavy atom. The van der Waals surface area contributed by atoms with Gasteiger partial charge in [0.25, 0.3) is 0 Å². The highest BCUT2D eigenvalue weighted by atomic mass is 35.6. The highest BCUT2D eigenvalue weighted by Crippen LogP contribution is 2.32. The van der Waals surface area contributed by atoms with Crippen molar-refractivity contribution in [3.63, 3.8) is 0 Å². The van der Waals surface area contributed by atoms with Gasteiger partial charge in [0.15, 0.2) is 0 Å². The van der Waals surface area contributed by atoms with Crippen molar-refractivity contribution >= 4 is 44.9 Å². The molecule has 0 heterocycles. The molecule has 0 bridgehead atoms. The lowest BCUT2D eigenvalue weighted by Crippen LogP contribution is -2.16. The number of hydrogen-bond acceptors (Lipinski definition) is 3. The Labute approximate surface area is 122 Å². The molecule has 1 aromatic carbocycles. The third-order valence-electron chi connectivity index (χ3n) is 2.55. The number of rotatable bonds is 4. The van der Waals surface area contributed by atoms with E-state index in [2.05, 4.69) is 18.0 Å². The molecular weight excluding hydrogens is 319 g/mol. The van der Waals surface area contributed by atoms with E-state index in [1.807, 2.05) is 0 Å². The van der Waals surface area contributed by atoms with Gasteiger partial charge < -0.3 is 0 Å². The first kappa shape index (κ1) is 16.1. The lowest BCUT2D eigenvalue weighted by Gasteiger charge is -2.13. The summed E-state index contributed by atoms with van der Waals surface area (Å²) >= 11 is 15.9. The summed E-state index contributed by atoms with van der Waals surface area (Å²) in [5.74, 6) is 0.357. The van der Waals surface area contributed by atoms with Crippen LogP contribution in [-0.2, 0) is 14.3 Å². The minimum atomic E-state index is -4.06. The van der Waals surface area contributed by atoms with Gasteiger partial charge in [-0.1, -0.05) is 60.8 Å². The minimum absolute atomic E-state index is 0.0409. The maximum Gasteiger partial charge on any atom is 0.312 e. The van der Waals surface area contributed by atoms with Crippen LogP contribution in [0, 0.1) is 0 Å². The van der Waals surface area contributed by atoms with E-state index in [1.165, 1.54) is 12.1 Å². The smallest absolute Gasteiger partial charge is 0.212 e. The highest BCUT2D eigenvalue weighted by molar-refractivity contribution is 7.87. The Morgan fingerprint density at radius 1 is 1.22 bits per heavy atom. The van der Waals surface area contributed by atoms with Crippen molar-refractivity contribution in [3.8, 4) is 0 Å². The second-order valence-electron chi connectivity index (χ2n) is 3.86. The predicted octanol–water partition coefficient (Wildman–Crippen LogP) is 4.23. The molecule has 0 saturated heterocycles. The molecule has 1 unspecified atom stereocenters. The second-order valence-corrected chi connectivity index (χ2v) is 7.59. The summed E-state index contributed by atoms with van der Waals surface area (Å²) in [6, 6.07) is 6.33. The number of hydrogen-bond donors (Lipinski definition) is 0. The first-order valence-corrected chi connectivity index (χ1v) is 7.82.